The fourth-order valence-corrected chi connectivity index (χ4v) is 1.86. The lowest BCUT2D eigenvalue weighted by atomic mass is 10.1. The Morgan fingerprint density at radius 3 is 2.65 bits per heavy atom. The zero-order valence-corrected chi connectivity index (χ0v) is 12.1. The lowest BCUT2D eigenvalue weighted by molar-refractivity contribution is -0.134. The molecule has 1 aromatic rings. The highest BCUT2D eigenvalue weighted by Gasteiger charge is 2.20. The number of carbonyl (C=O) groups excluding carboxylic acids is 1. The summed E-state index contributed by atoms with van der Waals surface area (Å²) in [6, 6.07) is 3.91. The summed E-state index contributed by atoms with van der Waals surface area (Å²) in [7, 11) is 2.89. The molecule has 1 aromatic carbocycles. The van der Waals surface area contributed by atoms with E-state index >= 15 is 0 Å². The number of nitrogens with two attached hydrogens (primary N) is 1. The van der Waals surface area contributed by atoms with Gasteiger partial charge in [0.1, 0.15) is 6.04 Å². The summed E-state index contributed by atoms with van der Waals surface area (Å²) >= 11 is 0. The molecule has 0 aliphatic rings. The Labute approximate surface area is 118 Å². The topological polar surface area (TPSA) is 64.8 Å². The van der Waals surface area contributed by atoms with Gasteiger partial charge >= 0.3 is 0 Å². The van der Waals surface area contributed by atoms with Crippen molar-refractivity contribution in [3.63, 3.8) is 0 Å². The molecule has 2 N–H and O–H groups in total. The summed E-state index contributed by atoms with van der Waals surface area (Å²) < 4.78 is 23.3. The average Bonchev–Trinajstić information content (AvgIpc) is 2.44. The molecule has 20 heavy (non-hydrogen) atoms. The van der Waals surface area contributed by atoms with Crippen molar-refractivity contribution in [3.8, 4) is 5.75 Å². The molecule has 0 saturated carbocycles. The van der Waals surface area contributed by atoms with Crippen LogP contribution in [0, 0.1) is 5.82 Å². The summed E-state index contributed by atoms with van der Waals surface area (Å²) in [5.41, 5.74) is 6.41. The van der Waals surface area contributed by atoms with Gasteiger partial charge in [0, 0.05) is 20.2 Å². The van der Waals surface area contributed by atoms with E-state index in [2.05, 4.69) is 0 Å². The number of amides is 1. The van der Waals surface area contributed by atoms with Gasteiger partial charge in [-0.25, -0.2) is 4.39 Å². The monoisotopic (exact) mass is 284 g/mol. The van der Waals surface area contributed by atoms with Crippen LogP contribution < -0.4 is 10.5 Å². The van der Waals surface area contributed by atoms with E-state index in [0.29, 0.717) is 18.7 Å². The number of halogens is 1. The van der Waals surface area contributed by atoms with Crippen LogP contribution in [0.1, 0.15) is 12.5 Å². The third-order valence-electron chi connectivity index (χ3n) is 2.95. The Balaban J connectivity index is 2.78. The molecular weight excluding hydrogens is 263 g/mol. The Hall–Kier alpha value is -1.66. The Bertz CT molecular complexity index is 454. The number of hydrogen-bond acceptors (Lipinski definition) is 4. The maximum Gasteiger partial charge on any atom is 0.242 e. The number of nitrogens with zero attached hydrogens (tertiary/aromatic N) is 1. The maximum absolute atomic E-state index is 13.6. The van der Waals surface area contributed by atoms with Gasteiger partial charge in [-0.3, -0.25) is 4.79 Å². The van der Waals surface area contributed by atoms with Crippen LogP contribution in [0.3, 0.4) is 0 Å². The first-order valence-corrected chi connectivity index (χ1v) is 6.39. The summed E-state index contributed by atoms with van der Waals surface area (Å²) in [5.74, 6) is -0.487. The second-order valence-electron chi connectivity index (χ2n) is 4.38. The summed E-state index contributed by atoms with van der Waals surface area (Å²) in [6.07, 6.45) is 0. The molecule has 0 saturated heterocycles. The molecule has 0 fully saturated rings. The molecule has 6 heteroatoms. The molecule has 0 aromatic heterocycles. The van der Waals surface area contributed by atoms with E-state index in [9.17, 15) is 9.18 Å². The highest BCUT2D eigenvalue weighted by atomic mass is 19.1. The van der Waals surface area contributed by atoms with Gasteiger partial charge in [-0.05, 0) is 24.6 Å². The fourth-order valence-electron chi connectivity index (χ4n) is 1.86. The minimum absolute atomic E-state index is 0.159. The van der Waals surface area contributed by atoms with Crippen LogP contribution >= 0.6 is 0 Å². The first-order chi connectivity index (χ1) is 9.53. The number of likely N-dealkylation sites (N-methyl/N-ethyl adjacent to an activating group) is 1. The number of benzene rings is 1. The van der Waals surface area contributed by atoms with Crippen LogP contribution in [-0.2, 0) is 16.1 Å². The van der Waals surface area contributed by atoms with E-state index < -0.39 is 11.9 Å². The molecule has 0 aliphatic carbocycles. The molecule has 1 atom stereocenters. The van der Waals surface area contributed by atoms with Gasteiger partial charge in [0.05, 0.1) is 13.7 Å². The molecule has 0 aliphatic heterocycles. The minimum Gasteiger partial charge on any atom is -0.494 e. The van der Waals surface area contributed by atoms with Crippen molar-refractivity contribution in [3.05, 3.63) is 29.6 Å². The molecule has 5 nitrogen and oxygen atoms in total. The smallest absolute Gasteiger partial charge is 0.242 e. The van der Waals surface area contributed by atoms with E-state index in [-0.39, 0.29) is 18.3 Å². The Kier molecular flexibility index (Phi) is 6.41. The number of rotatable bonds is 7. The van der Waals surface area contributed by atoms with E-state index in [1.54, 1.807) is 11.0 Å². The number of methoxy groups -OCH3 is 2. The molecule has 0 radical (unpaired) electrons. The van der Waals surface area contributed by atoms with E-state index in [0.717, 1.165) is 0 Å². The zero-order chi connectivity index (χ0) is 15.1. The maximum atomic E-state index is 13.6. The normalized spacial score (nSPS) is 12.1. The second-order valence-corrected chi connectivity index (χ2v) is 4.38. The van der Waals surface area contributed by atoms with Gasteiger partial charge in [-0.1, -0.05) is 6.07 Å². The van der Waals surface area contributed by atoms with Gasteiger partial charge in [0.25, 0.3) is 0 Å². The highest BCUT2D eigenvalue weighted by molar-refractivity contribution is 5.81. The molecule has 112 valence electrons. The first-order valence-electron chi connectivity index (χ1n) is 6.39. The van der Waals surface area contributed by atoms with Crippen LogP contribution in [0.5, 0.6) is 5.75 Å². The lowest BCUT2D eigenvalue weighted by Crippen LogP contribution is -2.45. The molecule has 1 unspecified atom stereocenters. The van der Waals surface area contributed by atoms with Gasteiger partial charge in [0.2, 0.25) is 5.91 Å². The van der Waals surface area contributed by atoms with Crippen LogP contribution in [0.25, 0.3) is 0 Å². The third kappa shape index (κ3) is 4.18. The third-order valence-corrected chi connectivity index (χ3v) is 2.95. The van der Waals surface area contributed by atoms with Gasteiger partial charge in [0.15, 0.2) is 11.6 Å². The number of ether oxygens (including phenoxy) is 2. The van der Waals surface area contributed by atoms with Crippen molar-refractivity contribution in [2.24, 2.45) is 5.73 Å². The van der Waals surface area contributed by atoms with Crippen molar-refractivity contribution in [1.82, 2.24) is 4.90 Å². The zero-order valence-electron chi connectivity index (χ0n) is 12.1. The van der Waals surface area contributed by atoms with Crippen molar-refractivity contribution in [2.45, 2.75) is 19.5 Å². The number of hydrogen-bond donors (Lipinski definition) is 1. The number of carbonyl (C=O) groups is 1. The summed E-state index contributed by atoms with van der Waals surface area (Å²) in [5, 5.41) is 0. The van der Waals surface area contributed by atoms with Crippen molar-refractivity contribution in [2.75, 3.05) is 27.4 Å². The first kappa shape index (κ1) is 16.4. The van der Waals surface area contributed by atoms with Crippen LogP contribution in [0.4, 0.5) is 4.39 Å². The molecule has 1 amide bonds. The molecule has 0 bridgehead atoms. The van der Waals surface area contributed by atoms with Crippen molar-refractivity contribution in [1.29, 1.82) is 0 Å². The van der Waals surface area contributed by atoms with Crippen molar-refractivity contribution >= 4 is 5.91 Å². The fraction of sp³-hybridized carbons (Fsp3) is 0.500. The highest BCUT2D eigenvalue weighted by Crippen LogP contribution is 2.18. The SMILES string of the molecule is CCN(Cc1ccc(OC)c(F)c1)C(=O)C(N)COC. The van der Waals surface area contributed by atoms with E-state index in [1.807, 2.05) is 6.92 Å². The molecule has 1 rings (SSSR count). The second kappa shape index (κ2) is 7.81. The van der Waals surface area contributed by atoms with Crippen molar-refractivity contribution < 1.29 is 18.7 Å². The summed E-state index contributed by atoms with van der Waals surface area (Å²) in [6.45, 7) is 2.79. The van der Waals surface area contributed by atoms with Crippen LogP contribution in [0.15, 0.2) is 18.2 Å². The molecular formula is C14H21FN2O3. The quantitative estimate of drug-likeness (QED) is 0.816. The van der Waals surface area contributed by atoms with Gasteiger partial charge < -0.3 is 20.1 Å². The van der Waals surface area contributed by atoms with Crippen LogP contribution in [-0.4, -0.2) is 44.2 Å². The predicted octanol–water partition coefficient (Wildman–Crippen LogP) is 1.16. The average molecular weight is 284 g/mol. The minimum atomic E-state index is -0.706. The molecule has 0 heterocycles. The summed E-state index contributed by atoms with van der Waals surface area (Å²) in [4.78, 5) is 13.6. The molecule has 0 spiro atoms. The largest absolute Gasteiger partial charge is 0.494 e. The van der Waals surface area contributed by atoms with Crippen LogP contribution in [0.2, 0.25) is 0 Å². The van der Waals surface area contributed by atoms with Gasteiger partial charge in [-0.15, -0.1) is 0 Å². The van der Waals surface area contributed by atoms with E-state index in [4.69, 9.17) is 15.2 Å². The Morgan fingerprint density at radius 2 is 2.15 bits per heavy atom. The lowest BCUT2D eigenvalue weighted by Gasteiger charge is -2.24. The Morgan fingerprint density at radius 1 is 1.45 bits per heavy atom. The standard InChI is InChI=1S/C14H21FN2O3/c1-4-17(14(18)12(16)9-19-2)8-10-5-6-13(20-3)11(15)7-10/h5-7,12H,4,8-9,16H2,1-3H3. The van der Waals surface area contributed by atoms with E-state index in [1.165, 1.54) is 26.4 Å². The van der Waals surface area contributed by atoms with Gasteiger partial charge in [-0.2, -0.15) is 0 Å². The predicted molar refractivity (Wildman–Crippen MR) is 73.9 cm³/mol.